The van der Waals surface area contributed by atoms with Gasteiger partial charge in [0.1, 0.15) is 0 Å². The number of thioether (sulfide) groups is 1. The lowest BCUT2D eigenvalue weighted by molar-refractivity contribution is 1.33. The zero-order valence-corrected chi connectivity index (χ0v) is 8.71. The van der Waals surface area contributed by atoms with Crippen LogP contribution in [-0.2, 0) is 0 Å². The van der Waals surface area contributed by atoms with Crippen LogP contribution in [0.2, 0.25) is 0 Å². The van der Waals surface area contributed by atoms with Crippen molar-refractivity contribution in [1.82, 2.24) is 0 Å². The summed E-state index contributed by atoms with van der Waals surface area (Å²) in [7, 11) is 0. The molecule has 0 saturated carbocycles. The SMILES string of the molecule is CS/C=C(/C)N=Cc1ccccc1. The lowest BCUT2D eigenvalue weighted by Crippen LogP contribution is -1.78. The molecule has 0 spiro atoms. The third kappa shape index (κ3) is 3.95. The van der Waals surface area contributed by atoms with Gasteiger partial charge in [-0.1, -0.05) is 30.3 Å². The molecular weight excluding hydrogens is 178 g/mol. The van der Waals surface area contributed by atoms with Gasteiger partial charge in [0.25, 0.3) is 0 Å². The minimum Gasteiger partial charge on any atom is -0.260 e. The standard InChI is InChI=1S/C11H13NS/c1-10(9-13-2)12-8-11-6-4-3-5-7-11/h3-9H,1-2H3/b10-9-,12-8?. The van der Waals surface area contributed by atoms with Crippen LogP contribution < -0.4 is 0 Å². The minimum atomic E-state index is 1.04. The third-order valence-corrected chi connectivity index (χ3v) is 2.08. The van der Waals surface area contributed by atoms with Crippen LogP contribution in [0.25, 0.3) is 0 Å². The Labute approximate surface area is 83.6 Å². The minimum absolute atomic E-state index is 1.04. The Bertz CT molecular complexity index is 301. The van der Waals surface area contributed by atoms with Crippen molar-refractivity contribution in [1.29, 1.82) is 0 Å². The number of hydrogen-bond donors (Lipinski definition) is 0. The molecule has 2 heteroatoms. The molecule has 1 rings (SSSR count). The Morgan fingerprint density at radius 3 is 2.62 bits per heavy atom. The van der Waals surface area contributed by atoms with E-state index in [0.717, 1.165) is 11.3 Å². The highest BCUT2D eigenvalue weighted by Crippen LogP contribution is 2.03. The highest BCUT2D eigenvalue weighted by Gasteiger charge is 1.84. The van der Waals surface area contributed by atoms with Gasteiger partial charge >= 0.3 is 0 Å². The first-order valence-electron chi connectivity index (χ1n) is 4.11. The van der Waals surface area contributed by atoms with Crippen molar-refractivity contribution in [3.05, 3.63) is 47.0 Å². The van der Waals surface area contributed by atoms with Crippen LogP contribution in [0.15, 0.2) is 46.4 Å². The number of rotatable bonds is 3. The molecule has 0 unspecified atom stereocenters. The fourth-order valence-electron chi connectivity index (χ4n) is 0.916. The number of allylic oxidation sites excluding steroid dienone is 1. The first kappa shape index (κ1) is 10.1. The predicted molar refractivity (Wildman–Crippen MR) is 61.3 cm³/mol. The molecule has 0 radical (unpaired) electrons. The van der Waals surface area contributed by atoms with Crippen molar-refractivity contribution in [2.75, 3.05) is 6.26 Å². The van der Waals surface area contributed by atoms with E-state index in [2.05, 4.69) is 4.99 Å². The molecule has 0 aliphatic carbocycles. The summed E-state index contributed by atoms with van der Waals surface area (Å²) >= 11 is 1.67. The second-order valence-corrected chi connectivity index (χ2v) is 3.37. The lowest BCUT2D eigenvalue weighted by Gasteiger charge is -1.91. The van der Waals surface area contributed by atoms with Crippen LogP contribution in [0.1, 0.15) is 12.5 Å². The lowest BCUT2D eigenvalue weighted by atomic mass is 10.2. The van der Waals surface area contributed by atoms with Crippen LogP contribution in [0.3, 0.4) is 0 Å². The van der Waals surface area contributed by atoms with Crippen LogP contribution in [-0.4, -0.2) is 12.5 Å². The molecule has 0 saturated heterocycles. The predicted octanol–water partition coefficient (Wildman–Crippen LogP) is 3.33. The highest BCUT2D eigenvalue weighted by molar-refractivity contribution is 8.01. The Balaban J connectivity index is 2.64. The van der Waals surface area contributed by atoms with E-state index >= 15 is 0 Å². The molecule has 0 amide bonds. The average Bonchev–Trinajstić information content (AvgIpc) is 2.17. The molecule has 0 bridgehead atoms. The van der Waals surface area contributed by atoms with Gasteiger partial charge in [-0.3, -0.25) is 4.99 Å². The van der Waals surface area contributed by atoms with E-state index in [4.69, 9.17) is 0 Å². The van der Waals surface area contributed by atoms with E-state index in [-0.39, 0.29) is 0 Å². The van der Waals surface area contributed by atoms with E-state index in [1.54, 1.807) is 11.8 Å². The molecule has 0 aliphatic rings. The van der Waals surface area contributed by atoms with Crippen LogP contribution >= 0.6 is 11.8 Å². The first-order chi connectivity index (χ1) is 6.33. The summed E-state index contributed by atoms with van der Waals surface area (Å²) in [5, 5.41) is 2.03. The van der Waals surface area contributed by atoms with Gasteiger partial charge in [-0.05, 0) is 24.2 Å². The van der Waals surface area contributed by atoms with Crippen LogP contribution in [0, 0.1) is 0 Å². The van der Waals surface area contributed by atoms with Gasteiger partial charge in [-0.25, -0.2) is 0 Å². The van der Waals surface area contributed by atoms with Crippen molar-refractivity contribution >= 4 is 18.0 Å². The summed E-state index contributed by atoms with van der Waals surface area (Å²) in [6.07, 6.45) is 3.91. The average molecular weight is 191 g/mol. The van der Waals surface area contributed by atoms with E-state index in [1.807, 2.05) is 55.1 Å². The van der Waals surface area contributed by atoms with Gasteiger partial charge < -0.3 is 0 Å². The largest absolute Gasteiger partial charge is 0.260 e. The summed E-state index contributed by atoms with van der Waals surface area (Å²) in [6, 6.07) is 10.1. The molecule has 0 N–H and O–H groups in total. The van der Waals surface area contributed by atoms with E-state index in [0.29, 0.717) is 0 Å². The molecule has 0 aliphatic heterocycles. The highest BCUT2D eigenvalue weighted by atomic mass is 32.2. The maximum atomic E-state index is 4.30. The molecule has 0 fully saturated rings. The van der Waals surface area contributed by atoms with Crippen molar-refractivity contribution in [2.45, 2.75) is 6.92 Å². The molecule has 68 valence electrons. The van der Waals surface area contributed by atoms with E-state index < -0.39 is 0 Å². The van der Waals surface area contributed by atoms with Crippen LogP contribution in [0.5, 0.6) is 0 Å². The molecule has 1 aromatic carbocycles. The van der Waals surface area contributed by atoms with Crippen LogP contribution in [0.4, 0.5) is 0 Å². The topological polar surface area (TPSA) is 12.4 Å². The van der Waals surface area contributed by atoms with E-state index in [9.17, 15) is 0 Å². The summed E-state index contributed by atoms with van der Waals surface area (Å²) in [4.78, 5) is 4.30. The Morgan fingerprint density at radius 2 is 2.00 bits per heavy atom. The van der Waals surface area contributed by atoms with Gasteiger partial charge in [0.2, 0.25) is 0 Å². The molecular formula is C11H13NS. The zero-order chi connectivity index (χ0) is 9.52. The number of benzene rings is 1. The third-order valence-electron chi connectivity index (χ3n) is 1.51. The number of hydrogen-bond acceptors (Lipinski definition) is 2. The van der Waals surface area contributed by atoms with Crippen molar-refractivity contribution in [2.24, 2.45) is 4.99 Å². The second-order valence-electron chi connectivity index (χ2n) is 2.66. The molecule has 1 aromatic rings. The van der Waals surface area contributed by atoms with Gasteiger partial charge in [0.05, 0.1) is 0 Å². The van der Waals surface area contributed by atoms with Gasteiger partial charge in [0, 0.05) is 11.9 Å². The fraction of sp³-hybridized carbons (Fsp3) is 0.182. The summed E-state index contributed by atoms with van der Waals surface area (Å²) in [5.74, 6) is 0. The monoisotopic (exact) mass is 191 g/mol. The van der Waals surface area contributed by atoms with Crippen molar-refractivity contribution < 1.29 is 0 Å². The van der Waals surface area contributed by atoms with Crippen molar-refractivity contribution in [3.63, 3.8) is 0 Å². The Morgan fingerprint density at radius 1 is 1.31 bits per heavy atom. The van der Waals surface area contributed by atoms with Crippen molar-refractivity contribution in [3.8, 4) is 0 Å². The Hall–Kier alpha value is -1.02. The second kappa shape index (κ2) is 5.60. The summed E-state index contributed by atoms with van der Waals surface area (Å²) < 4.78 is 0. The maximum Gasteiger partial charge on any atom is 0.0435 e. The van der Waals surface area contributed by atoms with E-state index in [1.165, 1.54) is 0 Å². The molecule has 0 atom stereocenters. The quantitative estimate of drug-likeness (QED) is 0.667. The van der Waals surface area contributed by atoms with Gasteiger partial charge in [-0.2, -0.15) is 0 Å². The molecule has 13 heavy (non-hydrogen) atoms. The molecule has 0 aromatic heterocycles. The normalized spacial score (nSPS) is 12.3. The Kier molecular flexibility index (Phi) is 4.33. The number of aliphatic imine (C=N–C) groups is 1. The van der Waals surface area contributed by atoms with Gasteiger partial charge in [-0.15, -0.1) is 11.8 Å². The maximum absolute atomic E-state index is 4.30. The zero-order valence-electron chi connectivity index (χ0n) is 7.90. The smallest absolute Gasteiger partial charge is 0.0435 e. The summed E-state index contributed by atoms with van der Waals surface area (Å²) in [6.45, 7) is 2.00. The molecule has 1 nitrogen and oxygen atoms in total. The van der Waals surface area contributed by atoms with Gasteiger partial charge in [0.15, 0.2) is 0 Å². The summed E-state index contributed by atoms with van der Waals surface area (Å²) in [5.41, 5.74) is 2.17. The first-order valence-corrected chi connectivity index (χ1v) is 5.40. The number of nitrogens with zero attached hydrogens (tertiary/aromatic N) is 1. The molecule has 0 heterocycles. The fourth-order valence-corrected chi connectivity index (χ4v) is 1.32.